The molecule has 1 atom stereocenters. The highest BCUT2D eigenvalue weighted by atomic mass is 16.2. The number of carbonyl (C=O) groups excluding carboxylic acids is 1. The average molecular weight is 533 g/mol. The smallest absolute Gasteiger partial charge is 0.236 e. The molecule has 1 fully saturated rings. The van der Waals surface area contributed by atoms with Gasteiger partial charge in [0.1, 0.15) is 0 Å². The molecule has 0 radical (unpaired) electrons. The molecule has 1 aromatic carbocycles. The van der Waals surface area contributed by atoms with Gasteiger partial charge in [0.2, 0.25) is 5.91 Å². The van der Waals surface area contributed by atoms with Crippen molar-refractivity contribution < 1.29 is 4.79 Å². The fraction of sp³-hybridized carbons (Fsp3) is 0.583. The van der Waals surface area contributed by atoms with Crippen molar-refractivity contribution in [3.8, 4) is 0 Å². The van der Waals surface area contributed by atoms with Gasteiger partial charge in [0.25, 0.3) is 0 Å². The Morgan fingerprint density at radius 1 is 1.13 bits per heavy atom. The van der Waals surface area contributed by atoms with Gasteiger partial charge in [-0.15, -0.1) is 0 Å². The third kappa shape index (κ3) is 8.80. The van der Waals surface area contributed by atoms with E-state index in [0.717, 1.165) is 45.2 Å². The van der Waals surface area contributed by atoms with E-state index in [1.165, 1.54) is 44.6 Å². The molecule has 1 saturated heterocycles. The van der Waals surface area contributed by atoms with Crippen LogP contribution in [0.4, 0.5) is 0 Å². The third-order valence-electron chi connectivity index (χ3n) is 8.54. The first-order valence-corrected chi connectivity index (χ1v) is 15.2. The van der Waals surface area contributed by atoms with Crippen molar-refractivity contribution in [3.63, 3.8) is 0 Å². The molecule has 1 aliphatic heterocycles. The van der Waals surface area contributed by atoms with Gasteiger partial charge >= 0.3 is 0 Å². The number of carbonyl (C=O) groups is 1. The van der Waals surface area contributed by atoms with Gasteiger partial charge in [0.05, 0.1) is 6.54 Å². The normalized spacial score (nSPS) is 17.3. The second kappa shape index (κ2) is 15.4. The number of hydrogen-bond donors (Lipinski definition) is 0. The molecule has 0 aliphatic carbocycles. The van der Waals surface area contributed by atoms with Crippen LogP contribution in [0.2, 0.25) is 0 Å². The van der Waals surface area contributed by atoms with E-state index in [1.54, 1.807) is 0 Å². The SMILES string of the molecule is C=C/C(C)=C(\C=C(\C)C(C)CC)C(/CCC)=C(/c1cc(C2CCN(C(=O)CN(C)C)CC2)ccc1C)C(C)C. The Hall–Kier alpha value is -2.39. The van der Waals surface area contributed by atoms with Crippen molar-refractivity contribution in [1.29, 1.82) is 0 Å². The Kier molecular flexibility index (Phi) is 13.0. The molecule has 1 unspecified atom stereocenters. The van der Waals surface area contributed by atoms with E-state index in [2.05, 4.69) is 86.2 Å². The molecule has 2 rings (SSSR count). The maximum absolute atomic E-state index is 12.6. The molecule has 1 aromatic rings. The number of likely N-dealkylation sites (N-methyl/N-ethyl adjacent to an activating group) is 1. The molecule has 1 aliphatic rings. The van der Waals surface area contributed by atoms with Crippen molar-refractivity contribution in [2.75, 3.05) is 33.7 Å². The topological polar surface area (TPSA) is 23.6 Å². The summed E-state index contributed by atoms with van der Waals surface area (Å²) in [5.74, 6) is 1.70. The number of nitrogens with zero attached hydrogens (tertiary/aromatic N) is 2. The van der Waals surface area contributed by atoms with E-state index in [0.29, 0.717) is 24.3 Å². The second-order valence-electron chi connectivity index (χ2n) is 12.3. The predicted molar refractivity (Wildman–Crippen MR) is 171 cm³/mol. The van der Waals surface area contributed by atoms with Crippen molar-refractivity contribution in [1.82, 2.24) is 9.80 Å². The van der Waals surface area contributed by atoms with Crippen LogP contribution in [0.3, 0.4) is 0 Å². The predicted octanol–water partition coefficient (Wildman–Crippen LogP) is 8.97. The van der Waals surface area contributed by atoms with Gasteiger partial charge in [-0.05, 0) is 117 Å². The van der Waals surface area contributed by atoms with Crippen LogP contribution in [-0.4, -0.2) is 49.4 Å². The first kappa shape index (κ1) is 32.8. The summed E-state index contributed by atoms with van der Waals surface area (Å²) >= 11 is 0. The Labute approximate surface area is 240 Å². The van der Waals surface area contributed by atoms with E-state index in [4.69, 9.17) is 0 Å². The van der Waals surface area contributed by atoms with Gasteiger partial charge in [0, 0.05) is 13.1 Å². The summed E-state index contributed by atoms with van der Waals surface area (Å²) in [6, 6.07) is 7.13. The molecule has 39 heavy (non-hydrogen) atoms. The highest BCUT2D eigenvalue weighted by molar-refractivity contribution is 5.79. The standard InChI is InChI=1S/C36H56N2O/c1-12-15-32(33(27(7)14-3)22-29(9)26(6)13-2)36(25(4)5)34-23-31(17-16-28(34)8)30-18-20-38(21-19-30)35(39)24-37(10)11/h14,16-17,22-23,25-26,30H,3,12-13,15,18-21,24H2,1-2,4-11H3/b29-22-,33-27+,36-32+. The quantitative estimate of drug-likeness (QED) is 0.251. The molecule has 1 heterocycles. The van der Waals surface area contributed by atoms with Crippen molar-refractivity contribution in [3.05, 3.63) is 75.9 Å². The largest absolute Gasteiger partial charge is 0.342 e. The van der Waals surface area contributed by atoms with Gasteiger partial charge in [-0.1, -0.05) is 83.5 Å². The summed E-state index contributed by atoms with van der Waals surface area (Å²) in [7, 11) is 3.92. The first-order valence-electron chi connectivity index (χ1n) is 15.2. The molecular weight excluding hydrogens is 476 g/mol. The van der Waals surface area contributed by atoms with Crippen LogP contribution in [0.1, 0.15) is 103 Å². The summed E-state index contributed by atoms with van der Waals surface area (Å²) in [5, 5.41) is 0. The summed E-state index contributed by atoms with van der Waals surface area (Å²) < 4.78 is 0. The Morgan fingerprint density at radius 2 is 1.77 bits per heavy atom. The molecule has 1 amide bonds. The number of benzene rings is 1. The molecule has 3 nitrogen and oxygen atoms in total. The number of rotatable bonds is 12. The van der Waals surface area contributed by atoms with Crippen LogP contribution in [0.5, 0.6) is 0 Å². The fourth-order valence-corrected chi connectivity index (χ4v) is 5.74. The van der Waals surface area contributed by atoms with Crippen LogP contribution in [0.25, 0.3) is 5.57 Å². The van der Waals surface area contributed by atoms with Crippen molar-refractivity contribution in [2.45, 2.75) is 93.4 Å². The Bertz CT molecular complexity index is 1080. The monoisotopic (exact) mass is 532 g/mol. The van der Waals surface area contributed by atoms with Crippen molar-refractivity contribution >= 4 is 11.5 Å². The van der Waals surface area contributed by atoms with Gasteiger partial charge in [0.15, 0.2) is 0 Å². The van der Waals surface area contributed by atoms with Gasteiger partial charge in [-0.2, -0.15) is 0 Å². The van der Waals surface area contributed by atoms with Crippen LogP contribution >= 0.6 is 0 Å². The maximum Gasteiger partial charge on any atom is 0.236 e. The lowest BCUT2D eigenvalue weighted by atomic mass is 9.79. The minimum absolute atomic E-state index is 0.245. The van der Waals surface area contributed by atoms with Crippen molar-refractivity contribution in [2.24, 2.45) is 11.8 Å². The number of piperidine rings is 1. The van der Waals surface area contributed by atoms with Crippen LogP contribution in [-0.2, 0) is 4.79 Å². The van der Waals surface area contributed by atoms with Crippen LogP contribution < -0.4 is 0 Å². The summed E-state index contributed by atoms with van der Waals surface area (Å²) in [6.07, 6.45) is 9.83. The zero-order valence-electron chi connectivity index (χ0n) is 26.8. The number of hydrogen-bond acceptors (Lipinski definition) is 2. The lowest BCUT2D eigenvalue weighted by molar-refractivity contribution is -0.132. The minimum Gasteiger partial charge on any atom is -0.342 e. The first-order chi connectivity index (χ1) is 18.4. The van der Waals surface area contributed by atoms with Gasteiger partial charge in [-0.3, -0.25) is 4.79 Å². The second-order valence-corrected chi connectivity index (χ2v) is 12.3. The van der Waals surface area contributed by atoms with Gasteiger partial charge < -0.3 is 9.80 Å². The van der Waals surface area contributed by atoms with Gasteiger partial charge in [-0.25, -0.2) is 0 Å². The summed E-state index contributed by atoms with van der Waals surface area (Å²) in [4.78, 5) is 16.6. The molecule has 0 bridgehead atoms. The molecule has 0 spiro atoms. The third-order valence-corrected chi connectivity index (χ3v) is 8.54. The summed E-state index contributed by atoms with van der Waals surface area (Å²) in [5.41, 5.74) is 11.1. The lowest BCUT2D eigenvalue weighted by Gasteiger charge is -2.33. The minimum atomic E-state index is 0.245. The maximum atomic E-state index is 12.6. The van der Waals surface area contributed by atoms with E-state index in [1.807, 2.05) is 30.0 Å². The van der Waals surface area contributed by atoms with E-state index in [-0.39, 0.29) is 5.91 Å². The molecule has 0 aromatic heterocycles. The summed E-state index contributed by atoms with van der Waals surface area (Å²) in [6.45, 7) is 24.7. The van der Waals surface area contributed by atoms with Crippen LogP contribution in [0.15, 0.2) is 59.2 Å². The fourth-order valence-electron chi connectivity index (χ4n) is 5.74. The Balaban J connectivity index is 2.59. The van der Waals surface area contributed by atoms with Crippen LogP contribution in [0, 0.1) is 18.8 Å². The highest BCUT2D eigenvalue weighted by Gasteiger charge is 2.25. The van der Waals surface area contributed by atoms with E-state index in [9.17, 15) is 4.79 Å². The number of amides is 1. The molecule has 0 saturated carbocycles. The zero-order valence-corrected chi connectivity index (χ0v) is 26.8. The molecule has 0 N–H and O–H groups in total. The Morgan fingerprint density at radius 3 is 2.28 bits per heavy atom. The average Bonchev–Trinajstić information content (AvgIpc) is 2.90. The number of aryl methyl sites for hydroxylation is 1. The molecule has 3 heteroatoms. The molecule has 216 valence electrons. The van der Waals surface area contributed by atoms with E-state index < -0.39 is 0 Å². The molecular formula is C36H56N2O. The highest BCUT2D eigenvalue weighted by Crippen LogP contribution is 2.39. The lowest BCUT2D eigenvalue weighted by Crippen LogP contribution is -2.42. The zero-order chi connectivity index (χ0) is 29.3. The number of allylic oxidation sites excluding steroid dienone is 7. The number of likely N-dealkylation sites (tertiary alicyclic amines) is 1. The van der Waals surface area contributed by atoms with E-state index >= 15 is 0 Å².